The van der Waals surface area contributed by atoms with E-state index < -0.39 is 0 Å². The third-order valence-electron chi connectivity index (χ3n) is 4.64. The van der Waals surface area contributed by atoms with E-state index in [0.29, 0.717) is 18.7 Å². The highest BCUT2D eigenvalue weighted by Gasteiger charge is 2.13. The van der Waals surface area contributed by atoms with Gasteiger partial charge >= 0.3 is 0 Å². The molecule has 0 bridgehead atoms. The number of carbonyl (C=O) groups excluding carboxylic acids is 1. The maximum Gasteiger partial charge on any atom is 0.252 e. The summed E-state index contributed by atoms with van der Waals surface area (Å²) >= 11 is 0. The number of nitrogens with one attached hydrogen (secondary N) is 1. The van der Waals surface area contributed by atoms with Gasteiger partial charge in [0.05, 0.1) is 30.6 Å². The number of benzene rings is 1. The second-order valence-electron chi connectivity index (χ2n) is 6.61. The fourth-order valence-electron chi connectivity index (χ4n) is 3.13. The monoisotopic (exact) mass is 399 g/mol. The van der Waals surface area contributed by atoms with Crippen molar-refractivity contribution in [1.29, 1.82) is 0 Å². The Kier molecular flexibility index (Phi) is 5.80. The Labute approximate surface area is 174 Å². The van der Waals surface area contributed by atoms with E-state index in [2.05, 4.69) is 15.3 Å². The van der Waals surface area contributed by atoms with Gasteiger partial charge in [-0.3, -0.25) is 19.4 Å². The summed E-state index contributed by atoms with van der Waals surface area (Å²) in [6, 6.07) is 17.2. The summed E-state index contributed by atoms with van der Waals surface area (Å²) in [4.78, 5) is 20.5. The predicted octanol–water partition coefficient (Wildman–Crippen LogP) is 3.45. The zero-order valence-electron chi connectivity index (χ0n) is 16.5. The van der Waals surface area contributed by atoms with Gasteiger partial charge < -0.3 is 10.1 Å². The molecule has 0 aliphatic rings. The Hall–Kier alpha value is -4.00. The van der Waals surface area contributed by atoms with Gasteiger partial charge in [-0.1, -0.05) is 12.1 Å². The zero-order chi connectivity index (χ0) is 20.8. The summed E-state index contributed by atoms with van der Waals surface area (Å²) in [5.74, 6) is 0.610. The van der Waals surface area contributed by atoms with Crippen LogP contribution in [0.3, 0.4) is 0 Å². The van der Waals surface area contributed by atoms with Gasteiger partial charge in [-0.2, -0.15) is 5.10 Å². The average molecular weight is 399 g/mol. The molecule has 0 radical (unpaired) electrons. The maximum absolute atomic E-state index is 12.3. The second kappa shape index (κ2) is 9.00. The molecule has 0 fully saturated rings. The second-order valence-corrected chi connectivity index (χ2v) is 6.61. The fourth-order valence-corrected chi connectivity index (χ4v) is 3.13. The van der Waals surface area contributed by atoms with Crippen LogP contribution in [-0.4, -0.2) is 39.3 Å². The summed E-state index contributed by atoms with van der Waals surface area (Å²) in [6.45, 7) is 0.942. The Bertz CT molecular complexity index is 1130. The van der Waals surface area contributed by atoms with Crippen molar-refractivity contribution in [2.24, 2.45) is 0 Å². The molecular formula is C23H21N5O2. The minimum atomic E-state index is -0.161. The van der Waals surface area contributed by atoms with Gasteiger partial charge in [-0.25, -0.2) is 0 Å². The molecule has 4 rings (SSSR count). The number of ether oxygens (including phenoxy) is 1. The summed E-state index contributed by atoms with van der Waals surface area (Å²) < 4.78 is 7.26. The number of amides is 1. The van der Waals surface area contributed by atoms with Crippen LogP contribution in [0.5, 0.6) is 5.75 Å². The molecule has 7 nitrogen and oxygen atoms in total. The highest BCUT2D eigenvalue weighted by atomic mass is 16.5. The highest BCUT2D eigenvalue weighted by molar-refractivity contribution is 5.93. The first-order chi connectivity index (χ1) is 14.7. The molecule has 1 amide bonds. The molecule has 0 spiro atoms. The van der Waals surface area contributed by atoms with Gasteiger partial charge in [-0.05, 0) is 42.5 Å². The van der Waals surface area contributed by atoms with Crippen LogP contribution in [0.25, 0.3) is 22.5 Å². The molecule has 0 aliphatic heterocycles. The molecule has 3 aromatic heterocycles. The normalized spacial score (nSPS) is 10.6. The van der Waals surface area contributed by atoms with E-state index in [-0.39, 0.29) is 5.91 Å². The third-order valence-corrected chi connectivity index (χ3v) is 4.64. The minimum Gasteiger partial charge on any atom is -0.497 e. The molecule has 30 heavy (non-hydrogen) atoms. The maximum atomic E-state index is 12.3. The highest BCUT2D eigenvalue weighted by Crippen LogP contribution is 2.28. The fraction of sp³-hybridized carbons (Fsp3) is 0.130. The Balaban J connectivity index is 1.58. The molecule has 0 saturated carbocycles. The van der Waals surface area contributed by atoms with E-state index in [1.807, 2.05) is 47.1 Å². The molecular weight excluding hydrogens is 378 g/mol. The van der Waals surface area contributed by atoms with E-state index in [1.54, 1.807) is 44.0 Å². The van der Waals surface area contributed by atoms with Crippen LogP contribution in [0.15, 0.2) is 79.4 Å². The number of rotatable bonds is 7. The number of carbonyl (C=O) groups is 1. The molecule has 0 atom stereocenters. The van der Waals surface area contributed by atoms with Crippen molar-refractivity contribution in [2.45, 2.75) is 6.54 Å². The van der Waals surface area contributed by atoms with Crippen molar-refractivity contribution in [3.63, 3.8) is 0 Å². The molecule has 0 aliphatic carbocycles. The summed E-state index contributed by atoms with van der Waals surface area (Å²) in [5.41, 5.74) is 4.19. The molecule has 0 saturated heterocycles. The van der Waals surface area contributed by atoms with Crippen molar-refractivity contribution in [3.8, 4) is 28.3 Å². The Morgan fingerprint density at radius 1 is 1.00 bits per heavy atom. The van der Waals surface area contributed by atoms with Gasteiger partial charge in [0.15, 0.2) is 0 Å². The van der Waals surface area contributed by atoms with Crippen molar-refractivity contribution >= 4 is 5.91 Å². The molecule has 150 valence electrons. The van der Waals surface area contributed by atoms with Crippen LogP contribution in [0, 0.1) is 0 Å². The van der Waals surface area contributed by atoms with Crippen molar-refractivity contribution in [2.75, 3.05) is 13.7 Å². The van der Waals surface area contributed by atoms with Crippen molar-refractivity contribution in [3.05, 3.63) is 84.9 Å². The Morgan fingerprint density at radius 3 is 2.53 bits per heavy atom. The zero-order valence-corrected chi connectivity index (χ0v) is 16.5. The standard InChI is InChI=1S/C23H21N5O2/c1-30-20-8-2-5-17(13-20)22-14-21(18-6-3-9-24-15-18)27-28(22)12-11-26-23(29)19-7-4-10-25-16-19/h2-10,13-16H,11-12H2,1H3,(H,26,29). The van der Waals surface area contributed by atoms with Gasteiger partial charge in [0.25, 0.3) is 5.91 Å². The lowest BCUT2D eigenvalue weighted by Gasteiger charge is -2.10. The van der Waals surface area contributed by atoms with Crippen LogP contribution in [0.2, 0.25) is 0 Å². The number of aromatic nitrogens is 4. The van der Waals surface area contributed by atoms with Gasteiger partial charge in [0, 0.05) is 42.5 Å². The first-order valence-corrected chi connectivity index (χ1v) is 9.55. The molecule has 4 aromatic rings. The van der Waals surface area contributed by atoms with E-state index in [4.69, 9.17) is 9.84 Å². The molecule has 0 unspecified atom stereocenters. The van der Waals surface area contributed by atoms with Crippen LogP contribution in [0.1, 0.15) is 10.4 Å². The number of hydrogen-bond donors (Lipinski definition) is 1. The molecule has 1 aromatic carbocycles. The van der Waals surface area contributed by atoms with Crippen LogP contribution in [-0.2, 0) is 6.54 Å². The number of hydrogen-bond acceptors (Lipinski definition) is 5. The van der Waals surface area contributed by atoms with Gasteiger partial charge in [-0.15, -0.1) is 0 Å². The summed E-state index contributed by atoms with van der Waals surface area (Å²) in [6.07, 6.45) is 6.70. The summed E-state index contributed by atoms with van der Waals surface area (Å²) in [7, 11) is 1.64. The number of nitrogens with zero attached hydrogens (tertiary/aromatic N) is 4. The van der Waals surface area contributed by atoms with Crippen molar-refractivity contribution < 1.29 is 9.53 Å². The molecule has 1 N–H and O–H groups in total. The lowest BCUT2D eigenvalue weighted by atomic mass is 10.1. The quantitative estimate of drug-likeness (QED) is 0.515. The predicted molar refractivity (Wildman–Crippen MR) is 114 cm³/mol. The topological polar surface area (TPSA) is 81.9 Å². The van der Waals surface area contributed by atoms with Crippen LogP contribution < -0.4 is 10.1 Å². The lowest BCUT2D eigenvalue weighted by Crippen LogP contribution is -2.27. The van der Waals surface area contributed by atoms with Crippen molar-refractivity contribution in [1.82, 2.24) is 25.1 Å². The van der Waals surface area contributed by atoms with E-state index in [9.17, 15) is 4.79 Å². The average Bonchev–Trinajstić information content (AvgIpc) is 3.24. The minimum absolute atomic E-state index is 0.161. The SMILES string of the molecule is COc1cccc(-c2cc(-c3cccnc3)nn2CCNC(=O)c2cccnc2)c1. The smallest absolute Gasteiger partial charge is 0.252 e. The van der Waals surface area contributed by atoms with Crippen LogP contribution >= 0.6 is 0 Å². The third kappa shape index (κ3) is 4.35. The lowest BCUT2D eigenvalue weighted by molar-refractivity contribution is 0.0951. The van der Waals surface area contributed by atoms with E-state index in [1.165, 1.54) is 0 Å². The van der Waals surface area contributed by atoms with Gasteiger partial charge in [0.2, 0.25) is 0 Å². The molecule has 3 heterocycles. The first kappa shape index (κ1) is 19.3. The number of pyridine rings is 2. The number of methoxy groups -OCH3 is 1. The Morgan fingerprint density at radius 2 is 1.80 bits per heavy atom. The largest absolute Gasteiger partial charge is 0.497 e. The molecule has 7 heteroatoms. The first-order valence-electron chi connectivity index (χ1n) is 9.55. The van der Waals surface area contributed by atoms with E-state index >= 15 is 0 Å². The van der Waals surface area contributed by atoms with Crippen LogP contribution in [0.4, 0.5) is 0 Å². The van der Waals surface area contributed by atoms with Gasteiger partial charge in [0.1, 0.15) is 5.75 Å². The van der Waals surface area contributed by atoms with E-state index in [0.717, 1.165) is 28.3 Å². The summed E-state index contributed by atoms with van der Waals surface area (Å²) in [5, 5.41) is 7.68.